The molecule has 1 aliphatic heterocycles. The first kappa shape index (κ1) is 14.7. The van der Waals surface area contributed by atoms with E-state index >= 15 is 0 Å². The Hall–Kier alpha value is -1.35. The highest BCUT2D eigenvalue weighted by molar-refractivity contribution is 7.99. The van der Waals surface area contributed by atoms with Crippen LogP contribution in [0.5, 0.6) is 0 Å². The molecule has 18 heavy (non-hydrogen) atoms. The van der Waals surface area contributed by atoms with Gasteiger partial charge in [-0.3, -0.25) is 4.79 Å². The van der Waals surface area contributed by atoms with Crippen molar-refractivity contribution in [1.29, 1.82) is 0 Å². The summed E-state index contributed by atoms with van der Waals surface area (Å²) in [6.07, 6.45) is 6.51. The molecule has 0 spiro atoms. The molecule has 6 heteroatoms. The maximum atomic E-state index is 11.8. The molecule has 0 bridgehead atoms. The van der Waals surface area contributed by atoms with Crippen LogP contribution in [-0.4, -0.2) is 53.1 Å². The van der Waals surface area contributed by atoms with Crippen molar-refractivity contribution in [3.8, 4) is 12.3 Å². The van der Waals surface area contributed by atoms with E-state index in [1.807, 2.05) is 0 Å². The van der Waals surface area contributed by atoms with Gasteiger partial charge in [0.1, 0.15) is 0 Å². The predicted molar refractivity (Wildman–Crippen MR) is 71.5 cm³/mol. The molecule has 1 aliphatic rings. The van der Waals surface area contributed by atoms with Gasteiger partial charge < -0.3 is 15.3 Å². The summed E-state index contributed by atoms with van der Waals surface area (Å²) in [7, 11) is 0. The van der Waals surface area contributed by atoms with Gasteiger partial charge in [0.15, 0.2) is 0 Å². The van der Waals surface area contributed by atoms with Crippen molar-refractivity contribution in [2.45, 2.75) is 12.8 Å². The van der Waals surface area contributed by atoms with Crippen molar-refractivity contribution in [3.63, 3.8) is 0 Å². The lowest BCUT2D eigenvalue weighted by atomic mass is 9.99. The third kappa shape index (κ3) is 4.88. The molecule has 2 N–H and O–H groups in total. The Labute approximate surface area is 111 Å². The number of rotatable bonds is 5. The first-order valence-corrected chi connectivity index (χ1v) is 7.07. The van der Waals surface area contributed by atoms with Gasteiger partial charge in [-0.25, -0.2) is 4.79 Å². The zero-order chi connectivity index (χ0) is 13.4. The van der Waals surface area contributed by atoms with Crippen LogP contribution in [0.1, 0.15) is 12.8 Å². The van der Waals surface area contributed by atoms with Crippen molar-refractivity contribution in [2.75, 3.05) is 31.1 Å². The molecule has 1 unspecified atom stereocenters. The van der Waals surface area contributed by atoms with Gasteiger partial charge in [0.2, 0.25) is 0 Å². The maximum Gasteiger partial charge on any atom is 0.317 e. The summed E-state index contributed by atoms with van der Waals surface area (Å²) in [4.78, 5) is 24.2. The van der Waals surface area contributed by atoms with Crippen LogP contribution in [0.15, 0.2) is 0 Å². The molecule has 1 saturated heterocycles. The lowest BCUT2D eigenvalue weighted by molar-refractivity contribution is -0.143. The number of carboxylic acid groups (broad SMARTS) is 1. The Morgan fingerprint density at radius 2 is 2.33 bits per heavy atom. The minimum atomic E-state index is -0.822. The van der Waals surface area contributed by atoms with E-state index in [0.29, 0.717) is 31.8 Å². The van der Waals surface area contributed by atoms with Gasteiger partial charge in [-0.05, 0) is 12.8 Å². The lowest BCUT2D eigenvalue weighted by Gasteiger charge is -2.30. The third-order valence-electron chi connectivity index (χ3n) is 2.77. The minimum Gasteiger partial charge on any atom is -0.481 e. The van der Waals surface area contributed by atoms with Gasteiger partial charge in [-0.15, -0.1) is 18.2 Å². The standard InChI is InChI=1S/C12H18N2O3S/c1-2-7-18-8-5-13-12(17)14-6-3-4-10(9-14)11(15)16/h1,10H,3-9H2,(H,13,17)(H,15,16). The molecule has 1 fully saturated rings. The van der Waals surface area contributed by atoms with Gasteiger partial charge in [-0.2, -0.15) is 0 Å². The molecule has 1 atom stereocenters. The van der Waals surface area contributed by atoms with E-state index in [1.165, 1.54) is 0 Å². The summed E-state index contributed by atoms with van der Waals surface area (Å²) in [5.74, 6) is 2.67. The lowest BCUT2D eigenvalue weighted by Crippen LogP contribution is -2.47. The van der Waals surface area contributed by atoms with Crippen LogP contribution in [0, 0.1) is 18.3 Å². The van der Waals surface area contributed by atoms with Crippen LogP contribution in [-0.2, 0) is 4.79 Å². The Morgan fingerprint density at radius 1 is 1.56 bits per heavy atom. The van der Waals surface area contributed by atoms with E-state index in [4.69, 9.17) is 11.5 Å². The second-order valence-electron chi connectivity index (χ2n) is 4.11. The molecule has 0 saturated carbocycles. The maximum absolute atomic E-state index is 11.8. The minimum absolute atomic E-state index is 0.178. The number of urea groups is 1. The summed E-state index contributed by atoms with van der Waals surface area (Å²) in [6, 6.07) is -0.178. The predicted octanol–water partition coefficient (Wildman–Crippen LogP) is 0.859. The molecule has 0 aromatic rings. The highest BCUT2D eigenvalue weighted by Gasteiger charge is 2.27. The van der Waals surface area contributed by atoms with Gasteiger partial charge in [0, 0.05) is 25.4 Å². The SMILES string of the molecule is C#CCSCCNC(=O)N1CCCC(C(=O)O)C1. The fourth-order valence-corrected chi connectivity index (χ4v) is 2.34. The molecule has 100 valence electrons. The van der Waals surface area contributed by atoms with Gasteiger partial charge in [-0.1, -0.05) is 5.92 Å². The Kier molecular flexibility index (Phi) is 6.44. The fraction of sp³-hybridized carbons (Fsp3) is 0.667. The summed E-state index contributed by atoms with van der Waals surface area (Å²) in [5.41, 5.74) is 0. The zero-order valence-electron chi connectivity index (χ0n) is 10.2. The molecule has 1 rings (SSSR count). The number of amides is 2. The van der Waals surface area contributed by atoms with Crippen molar-refractivity contribution in [3.05, 3.63) is 0 Å². The monoisotopic (exact) mass is 270 g/mol. The molecule has 0 aromatic carbocycles. The quantitative estimate of drug-likeness (QED) is 0.574. The van der Waals surface area contributed by atoms with Crippen molar-refractivity contribution in [1.82, 2.24) is 10.2 Å². The number of hydrogen-bond acceptors (Lipinski definition) is 3. The van der Waals surface area contributed by atoms with Crippen LogP contribution in [0.3, 0.4) is 0 Å². The number of likely N-dealkylation sites (tertiary alicyclic amines) is 1. The first-order valence-electron chi connectivity index (χ1n) is 5.92. The topological polar surface area (TPSA) is 69.6 Å². The zero-order valence-corrected chi connectivity index (χ0v) is 11.0. The second kappa shape index (κ2) is 7.88. The molecule has 5 nitrogen and oxygen atoms in total. The Morgan fingerprint density at radius 3 is 3.00 bits per heavy atom. The second-order valence-corrected chi connectivity index (χ2v) is 5.22. The summed E-state index contributed by atoms with van der Waals surface area (Å²) in [5, 5.41) is 11.7. The van der Waals surface area contributed by atoms with E-state index in [9.17, 15) is 9.59 Å². The number of nitrogens with zero attached hydrogens (tertiary/aromatic N) is 1. The number of hydrogen-bond donors (Lipinski definition) is 2. The van der Waals surface area contributed by atoms with Crippen LogP contribution in [0.4, 0.5) is 4.79 Å². The third-order valence-corrected chi connectivity index (χ3v) is 3.63. The molecule has 2 amide bonds. The number of thioether (sulfide) groups is 1. The first-order chi connectivity index (χ1) is 8.65. The molecular formula is C12H18N2O3S. The Balaban J connectivity index is 2.24. The molecule has 1 heterocycles. The van der Waals surface area contributed by atoms with Crippen LogP contribution in [0.25, 0.3) is 0 Å². The van der Waals surface area contributed by atoms with Crippen molar-refractivity contribution >= 4 is 23.8 Å². The van der Waals surface area contributed by atoms with E-state index in [0.717, 1.165) is 12.2 Å². The number of piperidine rings is 1. The van der Waals surface area contributed by atoms with E-state index in [-0.39, 0.29) is 6.03 Å². The average Bonchev–Trinajstić information content (AvgIpc) is 2.38. The van der Waals surface area contributed by atoms with Gasteiger partial charge in [0.05, 0.1) is 11.7 Å². The normalized spacial score (nSPS) is 19.1. The largest absolute Gasteiger partial charge is 0.481 e. The van der Waals surface area contributed by atoms with Crippen LogP contribution >= 0.6 is 11.8 Å². The van der Waals surface area contributed by atoms with Gasteiger partial charge >= 0.3 is 12.0 Å². The van der Waals surface area contributed by atoms with Crippen molar-refractivity contribution in [2.24, 2.45) is 5.92 Å². The number of terminal acetylenes is 1. The number of aliphatic carboxylic acids is 1. The molecule has 0 radical (unpaired) electrons. The van der Waals surface area contributed by atoms with E-state index in [1.54, 1.807) is 16.7 Å². The summed E-state index contributed by atoms with van der Waals surface area (Å²) < 4.78 is 0. The highest BCUT2D eigenvalue weighted by atomic mass is 32.2. The number of carbonyl (C=O) groups excluding carboxylic acids is 1. The smallest absolute Gasteiger partial charge is 0.317 e. The van der Waals surface area contributed by atoms with Crippen molar-refractivity contribution < 1.29 is 14.7 Å². The van der Waals surface area contributed by atoms with Crippen LogP contribution < -0.4 is 5.32 Å². The van der Waals surface area contributed by atoms with Crippen LogP contribution in [0.2, 0.25) is 0 Å². The molecule has 0 aliphatic carbocycles. The number of nitrogens with one attached hydrogen (secondary N) is 1. The average molecular weight is 270 g/mol. The van der Waals surface area contributed by atoms with E-state index < -0.39 is 11.9 Å². The molecule has 0 aromatic heterocycles. The van der Waals surface area contributed by atoms with Gasteiger partial charge in [0.25, 0.3) is 0 Å². The fourth-order valence-electron chi connectivity index (χ4n) is 1.84. The summed E-state index contributed by atoms with van der Waals surface area (Å²) in [6.45, 7) is 1.49. The number of carboxylic acids is 1. The highest BCUT2D eigenvalue weighted by Crippen LogP contribution is 2.16. The van der Waals surface area contributed by atoms with E-state index in [2.05, 4.69) is 11.2 Å². The number of carbonyl (C=O) groups is 2. The molecular weight excluding hydrogens is 252 g/mol. The Bertz CT molecular complexity index is 341. The summed E-state index contributed by atoms with van der Waals surface area (Å²) >= 11 is 1.58.